The van der Waals surface area contributed by atoms with E-state index in [2.05, 4.69) is 24.1 Å². The average Bonchev–Trinajstić information content (AvgIpc) is 2.44. The van der Waals surface area contributed by atoms with Gasteiger partial charge < -0.3 is 5.32 Å². The van der Waals surface area contributed by atoms with Gasteiger partial charge in [0.25, 0.3) is 0 Å². The number of hydrogen-bond acceptors (Lipinski definition) is 2. The monoisotopic (exact) mass is 298 g/mol. The van der Waals surface area contributed by atoms with E-state index in [1.54, 1.807) is 12.1 Å². The van der Waals surface area contributed by atoms with Crippen molar-refractivity contribution in [3.05, 3.63) is 34.6 Å². The molecule has 0 spiro atoms. The van der Waals surface area contributed by atoms with Crippen molar-refractivity contribution in [3.63, 3.8) is 0 Å². The van der Waals surface area contributed by atoms with Crippen LogP contribution in [0.5, 0.6) is 0 Å². The highest BCUT2D eigenvalue weighted by atomic mass is 35.5. The van der Waals surface area contributed by atoms with Crippen molar-refractivity contribution in [2.75, 3.05) is 20.1 Å². The van der Waals surface area contributed by atoms with Gasteiger partial charge in [0.15, 0.2) is 0 Å². The standard InChI is InChI=1S/C16H24ClFN2/c1-16(2,20-9-5-4-6-10-20)15(19-3)13-11-12(18)7-8-14(13)17/h7-8,11,15,19H,4-6,9-10H2,1-3H3. The van der Waals surface area contributed by atoms with E-state index in [0.29, 0.717) is 5.02 Å². The second-order valence-corrected chi connectivity index (χ2v) is 6.50. The molecule has 2 nitrogen and oxygen atoms in total. The summed E-state index contributed by atoms with van der Waals surface area (Å²) in [4.78, 5) is 2.49. The maximum Gasteiger partial charge on any atom is 0.123 e. The van der Waals surface area contributed by atoms with Gasteiger partial charge in [0.1, 0.15) is 5.82 Å². The van der Waals surface area contributed by atoms with E-state index >= 15 is 0 Å². The van der Waals surface area contributed by atoms with E-state index in [1.165, 1.54) is 25.3 Å². The zero-order valence-electron chi connectivity index (χ0n) is 12.5. The van der Waals surface area contributed by atoms with Crippen LogP contribution in [0.15, 0.2) is 18.2 Å². The molecule has 4 heteroatoms. The Bertz CT molecular complexity index is 456. The lowest BCUT2D eigenvalue weighted by atomic mass is 9.85. The molecular formula is C16H24ClFN2. The van der Waals surface area contributed by atoms with Gasteiger partial charge >= 0.3 is 0 Å². The number of nitrogens with one attached hydrogen (secondary N) is 1. The molecule has 1 N–H and O–H groups in total. The molecule has 1 saturated heterocycles. The van der Waals surface area contributed by atoms with Crippen LogP contribution in [0.4, 0.5) is 4.39 Å². The van der Waals surface area contributed by atoms with Gasteiger partial charge in [0.2, 0.25) is 0 Å². The molecule has 1 aromatic carbocycles. The Morgan fingerprint density at radius 2 is 1.90 bits per heavy atom. The summed E-state index contributed by atoms with van der Waals surface area (Å²) >= 11 is 6.29. The van der Waals surface area contributed by atoms with Crippen molar-refractivity contribution in [1.29, 1.82) is 0 Å². The average molecular weight is 299 g/mol. The van der Waals surface area contributed by atoms with Crippen LogP contribution in [0.3, 0.4) is 0 Å². The first-order chi connectivity index (χ1) is 9.46. The van der Waals surface area contributed by atoms with Crippen LogP contribution in [0, 0.1) is 5.82 Å². The number of rotatable bonds is 4. The normalized spacial score (nSPS) is 19.1. The van der Waals surface area contributed by atoms with Crippen molar-refractivity contribution in [2.24, 2.45) is 0 Å². The third kappa shape index (κ3) is 3.16. The maximum atomic E-state index is 13.6. The highest BCUT2D eigenvalue weighted by Crippen LogP contribution is 2.36. The summed E-state index contributed by atoms with van der Waals surface area (Å²) in [6, 6.07) is 4.61. The SMILES string of the molecule is CNC(c1cc(F)ccc1Cl)C(C)(C)N1CCCCC1. The van der Waals surface area contributed by atoms with Crippen LogP contribution in [0.25, 0.3) is 0 Å². The largest absolute Gasteiger partial charge is 0.311 e. The lowest BCUT2D eigenvalue weighted by Crippen LogP contribution is -2.53. The Balaban J connectivity index is 2.32. The van der Waals surface area contributed by atoms with E-state index in [-0.39, 0.29) is 17.4 Å². The number of likely N-dealkylation sites (tertiary alicyclic amines) is 1. The summed E-state index contributed by atoms with van der Waals surface area (Å²) in [5, 5.41) is 3.95. The molecule has 1 unspecified atom stereocenters. The van der Waals surface area contributed by atoms with Crippen LogP contribution in [-0.2, 0) is 0 Å². The van der Waals surface area contributed by atoms with Gasteiger partial charge in [-0.2, -0.15) is 0 Å². The highest BCUT2D eigenvalue weighted by Gasteiger charge is 2.37. The number of piperidine rings is 1. The molecule has 0 bridgehead atoms. The van der Waals surface area contributed by atoms with Crippen molar-refractivity contribution >= 4 is 11.6 Å². The molecule has 0 aromatic heterocycles. The summed E-state index contributed by atoms with van der Waals surface area (Å²) in [6.45, 7) is 6.61. The fraction of sp³-hybridized carbons (Fsp3) is 0.625. The first-order valence-corrected chi connectivity index (χ1v) is 7.72. The molecule has 0 radical (unpaired) electrons. The van der Waals surface area contributed by atoms with Crippen molar-refractivity contribution in [3.8, 4) is 0 Å². The summed E-state index contributed by atoms with van der Waals surface area (Å²) in [5.74, 6) is -0.237. The van der Waals surface area contributed by atoms with Gasteiger partial charge in [-0.05, 0) is 70.6 Å². The Labute approximate surface area is 126 Å². The molecule has 1 atom stereocenters. The molecule has 112 valence electrons. The van der Waals surface area contributed by atoms with Gasteiger partial charge in [-0.1, -0.05) is 18.0 Å². The first kappa shape index (κ1) is 15.7. The smallest absolute Gasteiger partial charge is 0.123 e. The quantitative estimate of drug-likeness (QED) is 0.904. The summed E-state index contributed by atoms with van der Waals surface area (Å²) < 4.78 is 13.6. The second kappa shape index (κ2) is 6.42. The minimum absolute atomic E-state index is 0.00352. The number of halogens is 2. The first-order valence-electron chi connectivity index (χ1n) is 7.34. The summed E-state index contributed by atoms with van der Waals surface area (Å²) in [5.41, 5.74) is 0.733. The van der Waals surface area contributed by atoms with Gasteiger partial charge in [0.05, 0.1) is 6.04 Å². The molecule has 0 saturated carbocycles. The van der Waals surface area contributed by atoms with Crippen molar-refractivity contribution in [1.82, 2.24) is 10.2 Å². The number of hydrogen-bond donors (Lipinski definition) is 1. The zero-order valence-corrected chi connectivity index (χ0v) is 13.3. The van der Waals surface area contributed by atoms with Crippen LogP contribution in [-0.4, -0.2) is 30.6 Å². The Morgan fingerprint density at radius 3 is 2.50 bits per heavy atom. The van der Waals surface area contributed by atoms with Crippen molar-refractivity contribution < 1.29 is 4.39 Å². The van der Waals surface area contributed by atoms with Crippen LogP contribution >= 0.6 is 11.6 Å². The topological polar surface area (TPSA) is 15.3 Å². The lowest BCUT2D eigenvalue weighted by Gasteiger charge is -2.46. The van der Waals surface area contributed by atoms with Gasteiger partial charge in [-0.15, -0.1) is 0 Å². The van der Waals surface area contributed by atoms with Crippen LogP contribution < -0.4 is 5.32 Å². The molecule has 2 rings (SSSR count). The third-order valence-corrected chi connectivity index (χ3v) is 4.78. The molecule has 20 heavy (non-hydrogen) atoms. The molecule has 1 fully saturated rings. The van der Waals surface area contributed by atoms with Crippen LogP contribution in [0.1, 0.15) is 44.7 Å². The number of benzene rings is 1. The Hall–Kier alpha value is -0.640. The van der Waals surface area contributed by atoms with Gasteiger partial charge in [0, 0.05) is 10.6 Å². The van der Waals surface area contributed by atoms with E-state index in [9.17, 15) is 4.39 Å². The summed E-state index contributed by atoms with van der Waals surface area (Å²) in [7, 11) is 1.91. The van der Waals surface area contributed by atoms with E-state index in [4.69, 9.17) is 11.6 Å². The number of nitrogens with zero attached hydrogens (tertiary/aromatic N) is 1. The minimum Gasteiger partial charge on any atom is -0.311 e. The van der Waals surface area contributed by atoms with Crippen molar-refractivity contribution in [2.45, 2.75) is 44.7 Å². The third-order valence-electron chi connectivity index (χ3n) is 4.44. The molecule has 1 aliphatic heterocycles. The van der Waals surface area contributed by atoms with Gasteiger partial charge in [-0.25, -0.2) is 4.39 Å². The fourth-order valence-corrected chi connectivity index (χ4v) is 3.50. The predicted molar refractivity (Wildman–Crippen MR) is 82.7 cm³/mol. The number of likely N-dealkylation sites (N-methyl/N-ethyl adjacent to an activating group) is 1. The lowest BCUT2D eigenvalue weighted by molar-refractivity contribution is 0.0632. The Morgan fingerprint density at radius 1 is 1.25 bits per heavy atom. The Kier molecular flexibility index (Phi) is 5.05. The predicted octanol–water partition coefficient (Wildman–Crippen LogP) is 4.00. The van der Waals surface area contributed by atoms with E-state index in [0.717, 1.165) is 18.7 Å². The molecule has 1 aliphatic rings. The molecular weight excluding hydrogens is 275 g/mol. The van der Waals surface area contributed by atoms with Crippen LogP contribution in [0.2, 0.25) is 5.02 Å². The molecule has 0 amide bonds. The van der Waals surface area contributed by atoms with E-state index in [1.807, 2.05) is 7.05 Å². The second-order valence-electron chi connectivity index (χ2n) is 6.09. The highest BCUT2D eigenvalue weighted by molar-refractivity contribution is 6.31. The minimum atomic E-state index is -0.237. The van der Waals surface area contributed by atoms with Gasteiger partial charge in [-0.3, -0.25) is 4.90 Å². The molecule has 1 heterocycles. The zero-order chi connectivity index (χ0) is 14.8. The summed E-state index contributed by atoms with van der Waals surface area (Å²) in [6.07, 6.45) is 3.77. The van der Waals surface area contributed by atoms with E-state index < -0.39 is 0 Å². The fourth-order valence-electron chi connectivity index (χ4n) is 3.28. The molecule has 1 aromatic rings. The maximum absolute atomic E-state index is 13.6. The molecule has 0 aliphatic carbocycles.